The molecule has 0 fully saturated rings. The Kier molecular flexibility index (Phi) is 19.6. The van der Waals surface area contributed by atoms with Gasteiger partial charge in [-0.2, -0.15) is 31.6 Å². The van der Waals surface area contributed by atoms with Crippen molar-refractivity contribution >= 4 is 40.8 Å². The van der Waals surface area contributed by atoms with Crippen molar-refractivity contribution < 1.29 is 82.5 Å². The molecule has 0 unspecified atom stereocenters. The first-order valence-electron chi connectivity index (χ1n) is 24.7. The molecule has 9 rings (SSSR count). The van der Waals surface area contributed by atoms with Crippen LogP contribution in [0, 0.1) is 42.3 Å². The zero-order valence-corrected chi connectivity index (χ0v) is 43.8. The smallest absolute Gasteiger partial charge is 0.416 e. The zero-order valence-electron chi connectivity index (χ0n) is 43.8. The van der Waals surface area contributed by atoms with E-state index in [1.807, 2.05) is 6.07 Å². The molecular formula is C62H40F9N5O9. The van der Waals surface area contributed by atoms with Gasteiger partial charge in [-0.1, -0.05) is 30.4 Å². The Hall–Kier alpha value is -11.1. The monoisotopic (exact) mass is 1170 g/mol. The molecule has 0 heterocycles. The number of halogens is 9. The maximum atomic E-state index is 13.9. The first-order valence-corrected chi connectivity index (χ1v) is 24.7. The standard InChI is InChI=1S/C21H13F3N2O3.C21H15FN2O3.C20H12F5NO3/c1-25-14-6-8-17(9-7-14)29-19-10-5-13(21(22,23)24)11-18(19)20(28)26-15-3-2-4-16(27)12-15;1-13-9-15(22)6-8-19(13)27-20-10-14(12-23)5-7-18(20)21(26)24-16-3-2-4-17(25)11-16;21-12-5-7-18(16(22)9-12)29-17-6-4-11(20(23,24)25)8-15(17)19(28)26-13-2-1-3-14(27)10-13/h2-3,5-12H,4H2,(H,26,28);2-3,5-11H,4H2,1H3,(H,24,26);1-2,4-10H,3H2,(H,26,28). The van der Waals surface area contributed by atoms with E-state index < -0.39 is 70.0 Å². The summed E-state index contributed by atoms with van der Waals surface area (Å²) in [7, 11) is 0. The number of alkyl halides is 6. The molecule has 430 valence electrons. The molecule has 23 heteroatoms. The molecule has 0 aromatic heterocycles. The number of allylic oxidation sites excluding steroid dienone is 9. The van der Waals surface area contributed by atoms with Crippen molar-refractivity contribution in [2.75, 3.05) is 0 Å². The van der Waals surface area contributed by atoms with Crippen molar-refractivity contribution in [2.24, 2.45) is 0 Å². The Morgan fingerprint density at radius 3 is 1.39 bits per heavy atom. The summed E-state index contributed by atoms with van der Waals surface area (Å²) in [6.45, 7) is 8.61. The van der Waals surface area contributed by atoms with Gasteiger partial charge in [0.1, 0.15) is 40.4 Å². The molecular weight excluding hydrogens is 1130 g/mol. The van der Waals surface area contributed by atoms with Gasteiger partial charge in [0.05, 0.1) is 46.0 Å². The minimum Gasteiger partial charge on any atom is -0.457 e. The molecule has 0 atom stereocenters. The number of hydrogen-bond acceptors (Lipinski definition) is 10. The molecule has 3 N–H and O–H groups in total. The maximum Gasteiger partial charge on any atom is 0.416 e. The van der Waals surface area contributed by atoms with E-state index in [-0.39, 0.29) is 75.7 Å². The van der Waals surface area contributed by atoms with E-state index in [0.717, 1.165) is 36.4 Å². The van der Waals surface area contributed by atoms with Crippen LogP contribution in [0.4, 0.5) is 45.2 Å². The van der Waals surface area contributed by atoms with Gasteiger partial charge in [0.2, 0.25) is 0 Å². The lowest BCUT2D eigenvalue weighted by atomic mass is 10.1. The number of carbonyl (C=O) groups is 6. The summed E-state index contributed by atoms with van der Waals surface area (Å²) in [4.78, 5) is 75.4. The molecule has 0 spiro atoms. The maximum absolute atomic E-state index is 13.9. The Morgan fingerprint density at radius 1 is 0.518 bits per heavy atom. The van der Waals surface area contributed by atoms with Gasteiger partial charge in [0, 0.05) is 60.6 Å². The van der Waals surface area contributed by atoms with Gasteiger partial charge in [-0.15, -0.1) is 0 Å². The van der Waals surface area contributed by atoms with E-state index in [1.54, 1.807) is 25.2 Å². The lowest BCUT2D eigenvalue weighted by Gasteiger charge is -2.15. The normalized spacial score (nSPS) is 13.4. The fourth-order valence-corrected chi connectivity index (χ4v) is 7.62. The van der Waals surface area contributed by atoms with Crippen molar-refractivity contribution in [1.29, 1.82) is 5.26 Å². The van der Waals surface area contributed by atoms with Gasteiger partial charge in [0.25, 0.3) is 17.7 Å². The summed E-state index contributed by atoms with van der Waals surface area (Å²) < 4.78 is 135. The van der Waals surface area contributed by atoms with Crippen LogP contribution in [-0.4, -0.2) is 35.1 Å². The largest absolute Gasteiger partial charge is 0.457 e. The summed E-state index contributed by atoms with van der Waals surface area (Å²) in [5.41, 5.74) is -0.976. The second-order valence-electron chi connectivity index (χ2n) is 18.0. The predicted octanol–water partition coefficient (Wildman–Crippen LogP) is 14.1. The van der Waals surface area contributed by atoms with Crippen LogP contribution in [0.25, 0.3) is 4.85 Å². The molecule has 3 aliphatic carbocycles. The highest BCUT2D eigenvalue weighted by Gasteiger charge is 2.34. The van der Waals surface area contributed by atoms with E-state index in [0.29, 0.717) is 58.9 Å². The number of amides is 3. The minimum absolute atomic E-state index is 0.0857. The van der Waals surface area contributed by atoms with Crippen LogP contribution in [0.1, 0.15) is 72.6 Å². The Morgan fingerprint density at radius 2 is 0.953 bits per heavy atom. The third kappa shape index (κ3) is 17.2. The number of ketones is 3. The van der Waals surface area contributed by atoms with Crippen molar-refractivity contribution in [3.63, 3.8) is 0 Å². The van der Waals surface area contributed by atoms with E-state index in [2.05, 4.69) is 20.8 Å². The molecule has 0 saturated heterocycles. The van der Waals surface area contributed by atoms with Gasteiger partial charge in [-0.3, -0.25) is 28.8 Å². The minimum atomic E-state index is -4.74. The van der Waals surface area contributed by atoms with Crippen molar-refractivity contribution in [3.8, 4) is 40.6 Å². The molecule has 0 saturated carbocycles. The number of rotatable bonds is 12. The molecule has 0 aliphatic heterocycles. The summed E-state index contributed by atoms with van der Waals surface area (Å²) >= 11 is 0. The first kappa shape index (κ1) is 61.5. The van der Waals surface area contributed by atoms with Gasteiger partial charge in [-0.05, 0) is 128 Å². The number of ether oxygens (including phenoxy) is 3. The molecule has 0 radical (unpaired) electrons. The number of aryl methyl sites for hydroxylation is 1. The average Bonchev–Trinajstić information content (AvgIpc) is 3.52. The molecule has 6 aromatic rings. The molecule has 0 bridgehead atoms. The van der Waals surface area contributed by atoms with Crippen LogP contribution in [0.15, 0.2) is 187 Å². The fourth-order valence-electron chi connectivity index (χ4n) is 7.62. The van der Waals surface area contributed by atoms with Crippen molar-refractivity contribution in [1.82, 2.24) is 16.0 Å². The highest BCUT2D eigenvalue weighted by Crippen LogP contribution is 2.37. The third-order valence-corrected chi connectivity index (χ3v) is 11.7. The van der Waals surface area contributed by atoms with E-state index in [1.165, 1.54) is 91.0 Å². The van der Waals surface area contributed by atoms with E-state index >= 15 is 0 Å². The molecule has 6 aromatic carbocycles. The van der Waals surface area contributed by atoms with Crippen molar-refractivity contribution in [2.45, 2.75) is 38.5 Å². The van der Waals surface area contributed by atoms with Gasteiger partial charge in [0.15, 0.2) is 34.6 Å². The fraction of sp³-hybridized carbons (Fsp3) is 0.0968. The summed E-state index contributed by atoms with van der Waals surface area (Å²) in [6.07, 6.45) is 4.18. The van der Waals surface area contributed by atoms with Crippen LogP contribution in [0.5, 0.6) is 34.5 Å². The Labute approximate surface area is 477 Å². The number of nitrogens with zero attached hydrogens (tertiary/aromatic N) is 2. The number of nitrogens with one attached hydrogen (secondary N) is 3. The highest BCUT2D eigenvalue weighted by molar-refractivity contribution is 6.02. The summed E-state index contributed by atoms with van der Waals surface area (Å²) in [5, 5.41) is 16.5. The molecule has 85 heavy (non-hydrogen) atoms. The topological polar surface area (TPSA) is 194 Å². The number of nitriles is 1. The van der Waals surface area contributed by atoms with Gasteiger partial charge < -0.3 is 30.2 Å². The van der Waals surface area contributed by atoms with Gasteiger partial charge >= 0.3 is 12.4 Å². The second kappa shape index (κ2) is 27.1. The van der Waals surface area contributed by atoms with Crippen LogP contribution < -0.4 is 30.2 Å². The summed E-state index contributed by atoms with van der Waals surface area (Å²) in [6, 6.07) is 23.3. The van der Waals surface area contributed by atoms with Crippen molar-refractivity contribution in [3.05, 3.63) is 255 Å². The van der Waals surface area contributed by atoms with Crippen LogP contribution >= 0.6 is 0 Å². The van der Waals surface area contributed by atoms with Crippen LogP contribution in [-0.2, 0) is 26.7 Å². The van der Waals surface area contributed by atoms with Gasteiger partial charge in [-0.25, -0.2) is 18.0 Å². The van der Waals surface area contributed by atoms with Crippen LogP contribution in [0.3, 0.4) is 0 Å². The quantitative estimate of drug-likeness (QED) is 0.0784. The van der Waals surface area contributed by atoms with E-state index in [4.69, 9.17) is 26.0 Å². The molecule has 3 amide bonds. The second-order valence-corrected chi connectivity index (χ2v) is 18.0. The molecule has 3 aliphatic rings. The Bertz CT molecular complexity index is 3940. The highest BCUT2D eigenvalue weighted by atomic mass is 19.4. The third-order valence-electron chi connectivity index (χ3n) is 11.7. The number of carbonyl (C=O) groups excluding carboxylic acids is 6. The lowest BCUT2D eigenvalue weighted by Crippen LogP contribution is -2.24. The predicted molar refractivity (Wildman–Crippen MR) is 287 cm³/mol. The average molecular weight is 1170 g/mol. The first-order chi connectivity index (χ1) is 40.3. The van der Waals surface area contributed by atoms with E-state index in [9.17, 15) is 68.3 Å². The lowest BCUT2D eigenvalue weighted by molar-refractivity contribution is -0.138. The van der Waals surface area contributed by atoms with Crippen LogP contribution in [0.2, 0.25) is 0 Å². The SMILES string of the molecule is Cc1cc(F)ccc1Oc1cc(C#N)ccc1C(=O)NC1=CC(=O)CC=C1.O=C1C=C(NC(=O)c2cc(C(F)(F)F)ccc2Oc2ccc(F)cc2F)C=CC1.[C-]#[N+]c1ccc(Oc2ccc(C(F)(F)F)cc2C(=O)NC2=CC(=O)CC=C2)cc1. The Balaban J connectivity index is 0.000000183. The number of benzene rings is 6. The molecule has 14 nitrogen and oxygen atoms in total. The number of hydrogen-bond donors (Lipinski definition) is 3. The zero-order chi connectivity index (χ0) is 61.6. The summed E-state index contributed by atoms with van der Waals surface area (Å²) in [5.74, 6) is -5.53.